The van der Waals surface area contributed by atoms with Crippen LogP contribution in [0.4, 0.5) is 5.82 Å². The minimum atomic E-state index is -3.65. The highest BCUT2D eigenvalue weighted by Gasteiger charge is 2.17. The zero-order chi connectivity index (χ0) is 16.3. The molecule has 0 atom stereocenters. The Morgan fingerprint density at radius 1 is 1.00 bits per heavy atom. The summed E-state index contributed by atoms with van der Waals surface area (Å²) in [6, 6.07) is 18.0. The van der Waals surface area contributed by atoms with E-state index < -0.39 is 10.0 Å². The maximum Gasteiger partial charge on any atom is 0.263 e. The molecule has 23 heavy (non-hydrogen) atoms. The second-order valence-electron chi connectivity index (χ2n) is 4.93. The van der Waals surface area contributed by atoms with Gasteiger partial charge in [0.25, 0.3) is 10.0 Å². The van der Waals surface area contributed by atoms with Crippen LogP contribution in [0, 0.1) is 0 Å². The molecule has 5 nitrogen and oxygen atoms in total. The van der Waals surface area contributed by atoms with Gasteiger partial charge in [-0.15, -0.1) is 0 Å². The molecule has 0 aliphatic carbocycles. The van der Waals surface area contributed by atoms with Crippen molar-refractivity contribution in [2.45, 2.75) is 11.4 Å². The number of aromatic nitrogens is 2. The number of nitrogens with zero attached hydrogens (tertiary/aromatic N) is 2. The van der Waals surface area contributed by atoms with Gasteiger partial charge in [-0.25, -0.2) is 8.42 Å². The van der Waals surface area contributed by atoms with E-state index in [1.54, 1.807) is 29.1 Å². The third kappa shape index (κ3) is 3.80. The van der Waals surface area contributed by atoms with Gasteiger partial charge in [-0.2, -0.15) is 5.10 Å². The van der Waals surface area contributed by atoms with Gasteiger partial charge in [-0.1, -0.05) is 48.5 Å². The largest absolute Gasteiger partial charge is 0.265 e. The van der Waals surface area contributed by atoms with Crippen molar-refractivity contribution in [3.63, 3.8) is 0 Å². The zero-order valence-electron chi connectivity index (χ0n) is 12.1. The molecule has 0 aliphatic rings. The highest BCUT2D eigenvalue weighted by Crippen LogP contribution is 2.23. The third-order valence-corrected chi connectivity index (χ3v) is 5.12. The van der Waals surface area contributed by atoms with E-state index in [2.05, 4.69) is 25.8 Å². The number of halogens is 1. The van der Waals surface area contributed by atoms with E-state index in [9.17, 15) is 8.42 Å². The maximum atomic E-state index is 12.3. The number of nitrogens with one attached hydrogen (secondary N) is 1. The Balaban J connectivity index is 1.82. The molecule has 0 amide bonds. The van der Waals surface area contributed by atoms with Gasteiger partial charge in [0.1, 0.15) is 0 Å². The van der Waals surface area contributed by atoms with E-state index in [1.165, 1.54) is 12.1 Å². The molecule has 1 aromatic heterocycles. The second kappa shape index (κ2) is 6.55. The Labute approximate surface area is 143 Å². The van der Waals surface area contributed by atoms with Crippen molar-refractivity contribution in [1.29, 1.82) is 0 Å². The van der Waals surface area contributed by atoms with Gasteiger partial charge >= 0.3 is 0 Å². The first-order valence-corrected chi connectivity index (χ1v) is 9.17. The van der Waals surface area contributed by atoms with E-state index in [4.69, 9.17) is 0 Å². The van der Waals surface area contributed by atoms with Crippen LogP contribution in [0.1, 0.15) is 5.56 Å². The summed E-state index contributed by atoms with van der Waals surface area (Å²) in [6.45, 7) is 0.562. The predicted octanol–water partition coefficient (Wildman–Crippen LogP) is 3.49. The molecular weight excluding hydrogens is 378 g/mol. The summed E-state index contributed by atoms with van der Waals surface area (Å²) < 4.78 is 29.5. The molecule has 0 fully saturated rings. The first-order valence-electron chi connectivity index (χ1n) is 6.89. The number of hydrogen-bond donors (Lipinski definition) is 1. The number of anilines is 1. The summed E-state index contributed by atoms with van der Waals surface area (Å²) >= 11 is 3.35. The van der Waals surface area contributed by atoms with Crippen LogP contribution in [-0.2, 0) is 16.6 Å². The summed E-state index contributed by atoms with van der Waals surface area (Å²) in [6.07, 6.45) is 1.75. The lowest BCUT2D eigenvalue weighted by atomic mass is 10.2. The van der Waals surface area contributed by atoms with Crippen molar-refractivity contribution in [2.75, 3.05) is 4.72 Å². The van der Waals surface area contributed by atoms with Gasteiger partial charge in [-0.3, -0.25) is 9.40 Å². The van der Waals surface area contributed by atoms with Crippen molar-refractivity contribution in [2.24, 2.45) is 0 Å². The fourth-order valence-electron chi connectivity index (χ4n) is 2.10. The lowest BCUT2D eigenvalue weighted by molar-refractivity contribution is 0.600. The second-order valence-corrected chi connectivity index (χ2v) is 7.46. The van der Waals surface area contributed by atoms with E-state index in [0.29, 0.717) is 11.0 Å². The van der Waals surface area contributed by atoms with Crippen molar-refractivity contribution >= 4 is 31.8 Å². The van der Waals surface area contributed by atoms with Crippen molar-refractivity contribution in [1.82, 2.24) is 9.78 Å². The molecule has 7 heteroatoms. The van der Waals surface area contributed by atoms with Crippen LogP contribution in [0.3, 0.4) is 0 Å². The summed E-state index contributed by atoms with van der Waals surface area (Å²) in [4.78, 5) is 0.199. The first kappa shape index (κ1) is 15.8. The van der Waals surface area contributed by atoms with Crippen LogP contribution in [0.5, 0.6) is 0 Å². The summed E-state index contributed by atoms with van der Waals surface area (Å²) in [5, 5.41) is 4.30. The molecule has 2 aromatic carbocycles. The van der Waals surface area contributed by atoms with Gasteiger partial charge in [0.05, 0.1) is 15.9 Å². The van der Waals surface area contributed by atoms with Crippen molar-refractivity contribution in [3.05, 3.63) is 76.9 Å². The molecule has 0 saturated heterocycles. The average Bonchev–Trinajstić information content (AvgIpc) is 2.88. The number of rotatable bonds is 5. The average molecular weight is 392 g/mol. The van der Waals surface area contributed by atoms with Crippen LogP contribution in [-0.4, -0.2) is 18.2 Å². The standard InChI is InChI=1S/C16H14BrN3O2S/c17-15-12-20(11-13-7-3-1-4-8-13)18-16(15)19-23(21,22)14-9-5-2-6-10-14/h1-10,12H,11H2,(H,18,19). The van der Waals surface area contributed by atoms with Crippen LogP contribution in [0.25, 0.3) is 0 Å². The third-order valence-electron chi connectivity index (χ3n) is 3.19. The van der Waals surface area contributed by atoms with E-state index in [-0.39, 0.29) is 10.7 Å². The molecule has 0 unspecified atom stereocenters. The Bertz CT molecular complexity index is 894. The number of benzene rings is 2. The van der Waals surface area contributed by atoms with E-state index in [0.717, 1.165) is 5.56 Å². The summed E-state index contributed by atoms with van der Waals surface area (Å²) in [5.74, 6) is 0.268. The molecule has 3 aromatic rings. The molecule has 1 heterocycles. The minimum Gasteiger partial charge on any atom is -0.265 e. The van der Waals surface area contributed by atoms with Crippen LogP contribution < -0.4 is 4.72 Å². The molecule has 0 saturated carbocycles. The molecule has 118 valence electrons. The van der Waals surface area contributed by atoms with Crippen LogP contribution in [0.2, 0.25) is 0 Å². The highest BCUT2D eigenvalue weighted by molar-refractivity contribution is 9.10. The van der Waals surface area contributed by atoms with Crippen LogP contribution >= 0.6 is 15.9 Å². The maximum absolute atomic E-state index is 12.3. The van der Waals surface area contributed by atoms with Gasteiger partial charge in [0.15, 0.2) is 5.82 Å². The zero-order valence-corrected chi connectivity index (χ0v) is 14.5. The number of hydrogen-bond acceptors (Lipinski definition) is 3. The van der Waals surface area contributed by atoms with Gasteiger partial charge < -0.3 is 0 Å². The summed E-state index contributed by atoms with van der Waals surface area (Å²) in [5.41, 5.74) is 1.08. The minimum absolute atomic E-state index is 0.199. The van der Waals surface area contributed by atoms with Gasteiger partial charge in [0.2, 0.25) is 0 Å². The molecule has 0 spiro atoms. The molecule has 0 radical (unpaired) electrons. The van der Waals surface area contributed by atoms with E-state index in [1.807, 2.05) is 30.3 Å². The SMILES string of the molecule is O=S(=O)(Nc1nn(Cc2ccccc2)cc1Br)c1ccccc1. The monoisotopic (exact) mass is 391 g/mol. The summed E-state index contributed by atoms with van der Waals surface area (Å²) in [7, 11) is -3.65. The molecule has 0 aliphatic heterocycles. The van der Waals surface area contributed by atoms with Gasteiger partial charge in [0, 0.05) is 6.20 Å². The quantitative estimate of drug-likeness (QED) is 0.723. The Morgan fingerprint density at radius 3 is 2.26 bits per heavy atom. The predicted molar refractivity (Wildman–Crippen MR) is 92.7 cm³/mol. The van der Waals surface area contributed by atoms with Crippen LogP contribution in [0.15, 0.2) is 76.2 Å². The fraction of sp³-hybridized carbons (Fsp3) is 0.0625. The first-order chi connectivity index (χ1) is 11.0. The molecular formula is C16H14BrN3O2S. The van der Waals surface area contributed by atoms with Crippen molar-refractivity contribution < 1.29 is 8.42 Å². The molecule has 3 rings (SSSR count). The molecule has 1 N–H and O–H groups in total. The Hall–Kier alpha value is -2.12. The van der Waals surface area contributed by atoms with E-state index >= 15 is 0 Å². The normalized spacial score (nSPS) is 11.3. The topological polar surface area (TPSA) is 64.0 Å². The lowest BCUT2D eigenvalue weighted by Gasteiger charge is -2.05. The highest BCUT2D eigenvalue weighted by atomic mass is 79.9. The van der Waals surface area contributed by atoms with Gasteiger partial charge in [-0.05, 0) is 33.6 Å². The molecule has 0 bridgehead atoms. The lowest BCUT2D eigenvalue weighted by Crippen LogP contribution is -2.14. The Morgan fingerprint density at radius 2 is 1.61 bits per heavy atom. The Kier molecular flexibility index (Phi) is 4.49. The fourth-order valence-corrected chi connectivity index (χ4v) is 3.69. The smallest absolute Gasteiger partial charge is 0.263 e. The van der Waals surface area contributed by atoms with Crippen molar-refractivity contribution in [3.8, 4) is 0 Å². The number of sulfonamides is 1.